The van der Waals surface area contributed by atoms with Gasteiger partial charge in [0, 0.05) is 12.1 Å². The van der Waals surface area contributed by atoms with Crippen LogP contribution in [0.3, 0.4) is 0 Å². The lowest BCUT2D eigenvalue weighted by Crippen LogP contribution is -2.17. The predicted octanol–water partition coefficient (Wildman–Crippen LogP) is 3.02. The van der Waals surface area contributed by atoms with Crippen molar-refractivity contribution >= 4 is 17.5 Å². The molecule has 0 radical (unpaired) electrons. The second kappa shape index (κ2) is 8.79. The topological polar surface area (TPSA) is 146 Å². The summed E-state index contributed by atoms with van der Waals surface area (Å²) < 4.78 is 9.83. The van der Waals surface area contributed by atoms with Crippen LogP contribution in [-0.2, 0) is 4.74 Å². The van der Waals surface area contributed by atoms with E-state index in [1.54, 1.807) is 19.1 Å². The number of unbranched alkanes of at least 4 members (excludes halogenated alkanes) is 1. The van der Waals surface area contributed by atoms with Crippen molar-refractivity contribution in [1.82, 2.24) is 10.1 Å². The molecule has 2 aromatic rings. The molecule has 0 bridgehead atoms. The van der Waals surface area contributed by atoms with E-state index in [-0.39, 0.29) is 24.2 Å². The van der Waals surface area contributed by atoms with E-state index in [0.717, 1.165) is 12.8 Å². The first-order valence-electron chi connectivity index (χ1n) is 8.15. The molecule has 1 unspecified atom stereocenters. The number of nitrogens with two attached hydrogens (primary N) is 1. The fraction of sp³-hybridized carbons (Fsp3) is 0.438. The van der Waals surface area contributed by atoms with Gasteiger partial charge < -0.3 is 20.3 Å². The number of nitrogens with zero attached hydrogens (tertiary/aromatic N) is 3. The number of hydrogen-bond donors (Lipinski definition) is 2. The lowest BCUT2D eigenvalue weighted by atomic mass is 10.1. The molecule has 2 rings (SSSR count). The number of aromatic nitrogens is 2. The third-order valence-electron chi connectivity index (χ3n) is 3.66. The fourth-order valence-corrected chi connectivity index (χ4v) is 2.47. The van der Waals surface area contributed by atoms with Crippen LogP contribution in [0.4, 0.5) is 16.2 Å². The number of primary amides is 1. The first-order valence-corrected chi connectivity index (χ1v) is 8.15. The van der Waals surface area contributed by atoms with Gasteiger partial charge in [0.15, 0.2) is 5.82 Å². The molecule has 0 saturated heterocycles. The summed E-state index contributed by atoms with van der Waals surface area (Å²) >= 11 is 0. The molecule has 0 saturated carbocycles. The Morgan fingerprint density at radius 1 is 1.46 bits per heavy atom. The van der Waals surface area contributed by atoms with E-state index in [2.05, 4.69) is 20.2 Å². The summed E-state index contributed by atoms with van der Waals surface area (Å²) in [5.41, 5.74) is 5.64. The molecule has 1 aromatic carbocycles. The first kappa shape index (κ1) is 19.2. The van der Waals surface area contributed by atoms with Gasteiger partial charge in [0.05, 0.1) is 17.1 Å². The number of para-hydroxylation sites is 1. The minimum atomic E-state index is -0.796. The predicted molar refractivity (Wildman–Crippen MR) is 93.6 cm³/mol. The summed E-state index contributed by atoms with van der Waals surface area (Å²) in [6.45, 7) is 3.84. The van der Waals surface area contributed by atoms with Crippen molar-refractivity contribution in [2.75, 3.05) is 11.9 Å². The molecule has 1 aromatic heterocycles. The third-order valence-corrected chi connectivity index (χ3v) is 3.66. The van der Waals surface area contributed by atoms with E-state index in [1.807, 2.05) is 6.92 Å². The van der Waals surface area contributed by atoms with Crippen LogP contribution in [0.5, 0.6) is 0 Å². The highest BCUT2D eigenvalue weighted by Gasteiger charge is 2.22. The van der Waals surface area contributed by atoms with E-state index >= 15 is 0 Å². The quantitative estimate of drug-likeness (QED) is 0.392. The van der Waals surface area contributed by atoms with Gasteiger partial charge in [0.25, 0.3) is 11.6 Å². The Morgan fingerprint density at radius 3 is 2.85 bits per heavy atom. The number of nitro groups is 1. The summed E-state index contributed by atoms with van der Waals surface area (Å²) in [7, 11) is 0. The number of carbonyl (C=O) groups excluding carboxylic acids is 1. The molecular weight excluding hydrogens is 342 g/mol. The van der Waals surface area contributed by atoms with Gasteiger partial charge >= 0.3 is 6.09 Å². The summed E-state index contributed by atoms with van der Waals surface area (Å²) in [5.74, 6) is 0.663. The van der Waals surface area contributed by atoms with Gasteiger partial charge in [0.2, 0.25) is 0 Å². The molecule has 140 valence electrons. The van der Waals surface area contributed by atoms with Crippen LogP contribution in [0.15, 0.2) is 22.7 Å². The monoisotopic (exact) mass is 363 g/mol. The van der Waals surface area contributed by atoms with Crippen molar-refractivity contribution in [3.63, 3.8) is 0 Å². The average Bonchev–Trinajstić information content (AvgIpc) is 3.00. The number of carbonyl (C=O) groups is 1. The van der Waals surface area contributed by atoms with Crippen molar-refractivity contribution in [2.24, 2.45) is 5.73 Å². The van der Waals surface area contributed by atoms with Crippen molar-refractivity contribution in [2.45, 2.75) is 39.2 Å². The number of nitrogens with one attached hydrogen (secondary N) is 1. The molecule has 10 heteroatoms. The minimum Gasteiger partial charge on any atom is -0.450 e. The van der Waals surface area contributed by atoms with E-state index in [1.165, 1.54) is 6.07 Å². The number of hydrogen-bond acceptors (Lipinski definition) is 8. The molecule has 3 N–H and O–H groups in total. The van der Waals surface area contributed by atoms with Crippen LogP contribution < -0.4 is 11.1 Å². The highest BCUT2D eigenvalue weighted by Crippen LogP contribution is 2.35. The SMILES string of the molecule is Cc1noc(-c2cccc([N+](=O)[O-])c2NC(C)CCCCOC(N)=O)n1. The van der Waals surface area contributed by atoms with Crippen molar-refractivity contribution in [1.29, 1.82) is 0 Å². The molecule has 0 aliphatic rings. The van der Waals surface area contributed by atoms with Crippen molar-refractivity contribution in [3.8, 4) is 11.5 Å². The Labute approximate surface area is 149 Å². The molecule has 0 fully saturated rings. The van der Waals surface area contributed by atoms with Crippen LogP contribution in [0.25, 0.3) is 11.5 Å². The Morgan fingerprint density at radius 2 is 2.23 bits per heavy atom. The molecule has 0 aliphatic heterocycles. The highest BCUT2D eigenvalue weighted by molar-refractivity contribution is 5.80. The Balaban J connectivity index is 2.11. The molecule has 0 aliphatic carbocycles. The van der Waals surface area contributed by atoms with Crippen LogP contribution in [-0.4, -0.2) is 33.8 Å². The molecule has 1 heterocycles. The number of rotatable bonds is 9. The normalized spacial score (nSPS) is 11.8. The smallest absolute Gasteiger partial charge is 0.404 e. The number of aryl methyl sites for hydroxylation is 1. The lowest BCUT2D eigenvalue weighted by Gasteiger charge is -2.17. The average molecular weight is 363 g/mol. The van der Waals surface area contributed by atoms with Gasteiger partial charge in [-0.15, -0.1) is 0 Å². The van der Waals surface area contributed by atoms with E-state index in [4.69, 9.17) is 10.3 Å². The lowest BCUT2D eigenvalue weighted by molar-refractivity contribution is -0.383. The van der Waals surface area contributed by atoms with Gasteiger partial charge in [-0.2, -0.15) is 4.98 Å². The Hall–Kier alpha value is -3.17. The standard InChI is InChI=1S/C16H21N5O5/c1-10(6-3-4-9-25-16(17)22)18-14-12(15-19-11(2)20-26-15)7-5-8-13(14)21(23)24/h5,7-8,10,18H,3-4,6,9H2,1-2H3,(H2,17,22). The second-order valence-electron chi connectivity index (χ2n) is 5.81. The molecule has 10 nitrogen and oxygen atoms in total. The largest absolute Gasteiger partial charge is 0.450 e. The highest BCUT2D eigenvalue weighted by atomic mass is 16.6. The van der Waals surface area contributed by atoms with Crippen LogP contribution in [0.1, 0.15) is 32.0 Å². The molecule has 0 spiro atoms. The minimum absolute atomic E-state index is 0.0625. The number of benzene rings is 1. The first-order chi connectivity index (χ1) is 12.4. The van der Waals surface area contributed by atoms with E-state index in [0.29, 0.717) is 23.5 Å². The van der Waals surface area contributed by atoms with Gasteiger partial charge in [-0.25, -0.2) is 4.79 Å². The van der Waals surface area contributed by atoms with Crippen LogP contribution in [0.2, 0.25) is 0 Å². The van der Waals surface area contributed by atoms with Gasteiger partial charge in [-0.05, 0) is 39.2 Å². The maximum atomic E-state index is 11.4. The van der Waals surface area contributed by atoms with Crippen LogP contribution >= 0.6 is 0 Å². The zero-order valence-electron chi connectivity index (χ0n) is 14.6. The van der Waals surface area contributed by atoms with Crippen molar-refractivity contribution < 1.29 is 19.0 Å². The maximum Gasteiger partial charge on any atom is 0.404 e. The Bertz CT molecular complexity index is 776. The number of anilines is 1. The molecule has 1 amide bonds. The summed E-state index contributed by atoms with van der Waals surface area (Å²) in [5, 5.41) is 18.3. The summed E-state index contributed by atoms with van der Waals surface area (Å²) in [4.78, 5) is 25.6. The molecular formula is C16H21N5O5. The fourth-order valence-electron chi connectivity index (χ4n) is 2.47. The number of amides is 1. The summed E-state index contributed by atoms with van der Waals surface area (Å²) in [6, 6.07) is 4.62. The number of ether oxygens (including phenoxy) is 1. The summed E-state index contributed by atoms with van der Waals surface area (Å²) in [6.07, 6.45) is 1.34. The third kappa shape index (κ3) is 5.16. The van der Waals surface area contributed by atoms with Crippen molar-refractivity contribution in [3.05, 3.63) is 34.1 Å². The Kier molecular flexibility index (Phi) is 6.48. The van der Waals surface area contributed by atoms with Crippen LogP contribution in [0, 0.1) is 17.0 Å². The molecule has 26 heavy (non-hydrogen) atoms. The zero-order chi connectivity index (χ0) is 19.1. The zero-order valence-corrected chi connectivity index (χ0v) is 14.6. The van der Waals surface area contributed by atoms with Gasteiger partial charge in [-0.3, -0.25) is 10.1 Å². The van der Waals surface area contributed by atoms with Gasteiger partial charge in [-0.1, -0.05) is 11.2 Å². The molecule has 1 atom stereocenters. The van der Waals surface area contributed by atoms with E-state index < -0.39 is 11.0 Å². The second-order valence-corrected chi connectivity index (χ2v) is 5.81. The maximum absolute atomic E-state index is 11.4. The van der Waals surface area contributed by atoms with E-state index in [9.17, 15) is 14.9 Å². The number of nitro benzene ring substituents is 1. The van der Waals surface area contributed by atoms with Gasteiger partial charge in [0.1, 0.15) is 5.69 Å².